The van der Waals surface area contributed by atoms with E-state index in [0.29, 0.717) is 6.20 Å². The van der Waals surface area contributed by atoms with Gasteiger partial charge < -0.3 is 5.11 Å². The third-order valence-electron chi connectivity index (χ3n) is 2.05. The number of rotatable bonds is 2. The highest BCUT2D eigenvalue weighted by Crippen LogP contribution is 2.34. The third-order valence-corrected chi connectivity index (χ3v) is 3.22. The van der Waals surface area contributed by atoms with Gasteiger partial charge in [-0.15, -0.1) is 11.3 Å². The van der Waals surface area contributed by atoms with E-state index < -0.39 is 23.3 Å². The molecule has 0 aromatic carbocycles. The number of carboxylic acid groups (broad SMARTS) is 1. The van der Waals surface area contributed by atoms with Crippen LogP contribution in [0, 0.1) is 0 Å². The zero-order chi connectivity index (χ0) is 13.5. The summed E-state index contributed by atoms with van der Waals surface area (Å²) in [5.74, 6) is -1.65. The Morgan fingerprint density at radius 2 is 2.11 bits per heavy atom. The quantitative estimate of drug-likeness (QED) is 0.925. The summed E-state index contributed by atoms with van der Waals surface area (Å²) in [6.07, 6.45) is -3.20. The normalized spacial score (nSPS) is 11.8. The van der Waals surface area contributed by atoms with Gasteiger partial charge in [-0.05, 0) is 0 Å². The number of carbonyl (C=O) groups is 1. The number of hydrogen-bond donors (Lipinski definition) is 1. The van der Waals surface area contributed by atoms with Crippen LogP contribution in [-0.2, 0) is 6.18 Å². The molecule has 2 aromatic heterocycles. The maximum absolute atomic E-state index is 12.6. The second kappa shape index (κ2) is 4.29. The minimum absolute atomic E-state index is 0.133. The number of hydrogen-bond acceptors (Lipinski definition) is 3. The standard InChI is InChI=1S/C9H4ClF3N2O2S/c10-6-3-18-8(14-6)15-1-4(7(16)17)5(2-15)9(11,12)13/h1-3H,(H,16,17). The van der Waals surface area contributed by atoms with Crippen molar-refractivity contribution in [1.29, 1.82) is 0 Å². The predicted molar refractivity (Wildman–Crippen MR) is 58.4 cm³/mol. The molecule has 0 aliphatic heterocycles. The molecule has 9 heteroatoms. The van der Waals surface area contributed by atoms with Crippen LogP contribution < -0.4 is 0 Å². The maximum Gasteiger partial charge on any atom is 0.418 e. The molecule has 2 aromatic rings. The van der Waals surface area contributed by atoms with Gasteiger partial charge in [-0.25, -0.2) is 9.78 Å². The van der Waals surface area contributed by atoms with E-state index in [1.807, 2.05) is 0 Å². The fourth-order valence-electron chi connectivity index (χ4n) is 1.33. The number of carboxylic acids is 1. The Labute approximate surface area is 107 Å². The van der Waals surface area contributed by atoms with E-state index in [4.69, 9.17) is 16.7 Å². The molecule has 18 heavy (non-hydrogen) atoms. The lowest BCUT2D eigenvalue weighted by molar-refractivity contribution is -0.138. The van der Waals surface area contributed by atoms with E-state index in [0.717, 1.165) is 22.1 Å². The second-order valence-corrected chi connectivity index (χ2v) is 4.47. The molecule has 4 nitrogen and oxygen atoms in total. The minimum atomic E-state index is -4.74. The van der Waals surface area contributed by atoms with E-state index in [1.54, 1.807) is 0 Å². The lowest BCUT2D eigenvalue weighted by atomic mass is 10.2. The van der Waals surface area contributed by atoms with Gasteiger partial charge in [0.05, 0.1) is 11.1 Å². The van der Waals surface area contributed by atoms with Crippen molar-refractivity contribution < 1.29 is 23.1 Å². The zero-order valence-corrected chi connectivity index (χ0v) is 9.97. The molecule has 0 radical (unpaired) electrons. The van der Waals surface area contributed by atoms with Crippen molar-refractivity contribution in [3.05, 3.63) is 34.1 Å². The van der Waals surface area contributed by atoms with Crippen molar-refractivity contribution in [2.24, 2.45) is 0 Å². The van der Waals surface area contributed by atoms with Crippen molar-refractivity contribution in [1.82, 2.24) is 9.55 Å². The molecule has 2 rings (SSSR count). The Morgan fingerprint density at radius 1 is 1.44 bits per heavy atom. The summed E-state index contributed by atoms with van der Waals surface area (Å²) in [6, 6.07) is 0. The Kier molecular flexibility index (Phi) is 3.07. The molecule has 0 bridgehead atoms. The van der Waals surface area contributed by atoms with Crippen LogP contribution in [0.25, 0.3) is 5.13 Å². The molecule has 96 valence electrons. The van der Waals surface area contributed by atoms with E-state index in [1.165, 1.54) is 5.38 Å². The van der Waals surface area contributed by atoms with Gasteiger partial charge in [-0.1, -0.05) is 11.6 Å². The SMILES string of the molecule is O=C(O)c1cn(-c2nc(Cl)cs2)cc1C(F)(F)F. The van der Waals surface area contributed by atoms with Crippen LogP contribution in [0.2, 0.25) is 5.15 Å². The van der Waals surface area contributed by atoms with Crippen LogP contribution in [0.15, 0.2) is 17.8 Å². The smallest absolute Gasteiger partial charge is 0.418 e. The number of aromatic carboxylic acids is 1. The van der Waals surface area contributed by atoms with Gasteiger partial charge in [0, 0.05) is 17.8 Å². The largest absolute Gasteiger partial charge is 0.478 e. The molecule has 0 aliphatic rings. The Bertz CT molecular complexity index is 605. The molecule has 0 aliphatic carbocycles. The highest BCUT2D eigenvalue weighted by molar-refractivity contribution is 7.12. The first-order valence-corrected chi connectivity index (χ1v) is 5.68. The van der Waals surface area contributed by atoms with Gasteiger partial charge in [0.25, 0.3) is 0 Å². The molecule has 0 spiro atoms. The highest BCUT2D eigenvalue weighted by Gasteiger charge is 2.37. The molecule has 1 N–H and O–H groups in total. The molecular weight excluding hydrogens is 293 g/mol. The highest BCUT2D eigenvalue weighted by atomic mass is 35.5. The summed E-state index contributed by atoms with van der Waals surface area (Å²) >= 11 is 6.56. The van der Waals surface area contributed by atoms with Crippen LogP contribution in [0.4, 0.5) is 13.2 Å². The molecule has 0 amide bonds. The molecule has 0 saturated heterocycles. The van der Waals surface area contributed by atoms with E-state index in [9.17, 15) is 18.0 Å². The summed E-state index contributed by atoms with van der Waals surface area (Å²) in [4.78, 5) is 14.5. The van der Waals surface area contributed by atoms with Crippen molar-refractivity contribution >= 4 is 28.9 Å². The molecule has 2 heterocycles. The second-order valence-electron chi connectivity index (χ2n) is 3.25. The summed E-state index contributed by atoms with van der Waals surface area (Å²) in [7, 11) is 0. The number of aromatic nitrogens is 2. The van der Waals surface area contributed by atoms with Gasteiger partial charge >= 0.3 is 12.1 Å². The van der Waals surface area contributed by atoms with Crippen LogP contribution in [0.1, 0.15) is 15.9 Å². The average molecular weight is 297 g/mol. The third kappa shape index (κ3) is 2.34. The van der Waals surface area contributed by atoms with Crippen molar-refractivity contribution in [3.63, 3.8) is 0 Å². The summed E-state index contributed by atoms with van der Waals surface area (Å²) in [5.41, 5.74) is -2.05. The van der Waals surface area contributed by atoms with Gasteiger partial charge in [-0.3, -0.25) is 4.57 Å². The van der Waals surface area contributed by atoms with Crippen LogP contribution in [0.3, 0.4) is 0 Å². The van der Waals surface area contributed by atoms with Crippen LogP contribution >= 0.6 is 22.9 Å². The molecule has 0 fully saturated rings. The topological polar surface area (TPSA) is 55.1 Å². The van der Waals surface area contributed by atoms with Gasteiger partial charge in [0.1, 0.15) is 5.15 Å². The molecule has 0 saturated carbocycles. The van der Waals surface area contributed by atoms with Crippen molar-refractivity contribution in [3.8, 4) is 5.13 Å². The van der Waals surface area contributed by atoms with Crippen molar-refractivity contribution in [2.45, 2.75) is 6.18 Å². The fourth-order valence-corrected chi connectivity index (χ4v) is 2.22. The molecular formula is C9H4ClF3N2O2S. The first kappa shape index (κ1) is 12.9. The maximum atomic E-state index is 12.6. The summed E-state index contributed by atoms with van der Waals surface area (Å²) in [5, 5.41) is 10.5. The Morgan fingerprint density at radius 3 is 2.50 bits per heavy atom. The molecule has 0 unspecified atom stereocenters. The lowest BCUT2D eigenvalue weighted by Gasteiger charge is -2.03. The number of halogens is 4. The van der Waals surface area contributed by atoms with Gasteiger partial charge in [-0.2, -0.15) is 13.2 Å². The monoisotopic (exact) mass is 296 g/mol. The minimum Gasteiger partial charge on any atom is -0.478 e. The first-order valence-electron chi connectivity index (χ1n) is 4.43. The predicted octanol–water partition coefficient (Wildman–Crippen LogP) is 3.30. The van der Waals surface area contributed by atoms with E-state index in [-0.39, 0.29) is 10.3 Å². The lowest BCUT2D eigenvalue weighted by Crippen LogP contribution is -2.09. The number of alkyl halides is 3. The number of thiazole rings is 1. The van der Waals surface area contributed by atoms with Crippen molar-refractivity contribution in [2.75, 3.05) is 0 Å². The first-order chi connectivity index (χ1) is 8.29. The van der Waals surface area contributed by atoms with Gasteiger partial charge in [0.2, 0.25) is 0 Å². The zero-order valence-electron chi connectivity index (χ0n) is 8.40. The Balaban J connectivity index is 2.56. The van der Waals surface area contributed by atoms with Crippen LogP contribution in [-0.4, -0.2) is 20.6 Å². The Hall–Kier alpha value is -1.54. The molecule has 0 atom stereocenters. The number of nitrogens with zero attached hydrogens (tertiary/aromatic N) is 2. The summed E-state index contributed by atoms with van der Waals surface area (Å²) < 4.78 is 38.9. The van der Waals surface area contributed by atoms with E-state index in [2.05, 4.69) is 4.98 Å². The average Bonchev–Trinajstić information content (AvgIpc) is 2.81. The van der Waals surface area contributed by atoms with Gasteiger partial charge in [0.15, 0.2) is 5.13 Å². The fraction of sp³-hybridized carbons (Fsp3) is 0.111. The summed E-state index contributed by atoms with van der Waals surface area (Å²) in [6.45, 7) is 0. The van der Waals surface area contributed by atoms with E-state index >= 15 is 0 Å². The van der Waals surface area contributed by atoms with Crippen LogP contribution in [0.5, 0.6) is 0 Å².